The first-order valence-corrected chi connectivity index (χ1v) is 7.52. The highest BCUT2D eigenvalue weighted by Crippen LogP contribution is 2.25. The summed E-state index contributed by atoms with van der Waals surface area (Å²) in [6.07, 6.45) is -0.0504. The first kappa shape index (κ1) is 17.5. The monoisotopic (exact) mass is 345 g/mol. The molecular weight excluding hydrogens is 329 g/mol. The van der Waals surface area contributed by atoms with Crippen molar-refractivity contribution in [2.45, 2.75) is 31.4 Å². The Labute approximate surface area is 137 Å². The van der Waals surface area contributed by atoms with Crippen molar-refractivity contribution >= 4 is 23.5 Å². The van der Waals surface area contributed by atoms with Gasteiger partial charge in [-0.05, 0) is 31.4 Å². The molecule has 0 radical (unpaired) electrons. The summed E-state index contributed by atoms with van der Waals surface area (Å²) >= 11 is 5.54. The van der Waals surface area contributed by atoms with Gasteiger partial charge in [-0.1, -0.05) is 11.6 Å². The Morgan fingerprint density at radius 1 is 1.39 bits per heavy atom. The van der Waals surface area contributed by atoms with E-state index in [9.17, 15) is 19.1 Å². The molecule has 0 aliphatic heterocycles. The van der Waals surface area contributed by atoms with Crippen molar-refractivity contribution < 1.29 is 28.9 Å². The molecule has 23 heavy (non-hydrogen) atoms. The highest BCUT2D eigenvalue weighted by Gasteiger charge is 2.33. The molecule has 1 aliphatic carbocycles. The van der Waals surface area contributed by atoms with Crippen LogP contribution in [0.5, 0.6) is 5.75 Å². The average molecular weight is 346 g/mol. The molecule has 1 fully saturated rings. The fraction of sp³-hybridized carbons (Fsp3) is 0.467. The molecule has 0 heterocycles. The number of carboxylic acid groups (broad SMARTS) is 1. The van der Waals surface area contributed by atoms with E-state index in [0.29, 0.717) is 12.8 Å². The predicted molar refractivity (Wildman–Crippen MR) is 79.8 cm³/mol. The zero-order chi connectivity index (χ0) is 17.0. The highest BCUT2D eigenvalue weighted by atomic mass is 35.5. The maximum Gasteiger partial charge on any atom is 0.306 e. The van der Waals surface area contributed by atoms with Crippen molar-refractivity contribution in [1.29, 1.82) is 0 Å². The molecular formula is C15H17ClFNO5. The number of halogens is 2. The summed E-state index contributed by atoms with van der Waals surface area (Å²) in [5, 5.41) is 21.4. The Balaban J connectivity index is 1.80. The number of nitrogens with one attached hydrogen (secondary N) is 1. The number of hydrogen-bond donors (Lipinski definition) is 3. The summed E-state index contributed by atoms with van der Waals surface area (Å²) in [5.74, 6) is -2.49. The number of aliphatic hydroxyl groups is 1. The van der Waals surface area contributed by atoms with E-state index in [1.165, 1.54) is 12.1 Å². The SMILES string of the molecule is O=C(COc1ccc(Cl)c(F)c1)N[C@H]1CC[C@H](C(=O)O)C[C@@H]1O. The molecule has 0 spiro atoms. The van der Waals surface area contributed by atoms with Gasteiger partial charge in [0.15, 0.2) is 6.61 Å². The molecule has 126 valence electrons. The molecule has 2 rings (SSSR count). The summed E-state index contributed by atoms with van der Waals surface area (Å²) in [7, 11) is 0. The molecule has 1 amide bonds. The van der Waals surface area contributed by atoms with E-state index in [2.05, 4.69) is 5.32 Å². The van der Waals surface area contributed by atoms with E-state index < -0.39 is 35.8 Å². The zero-order valence-electron chi connectivity index (χ0n) is 12.2. The third kappa shape index (κ3) is 4.80. The Kier molecular flexibility index (Phi) is 5.79. The minimum Gasteiger partial charge on any atom is -0.484 e. The van der Waals surface area contributed by atoms with Crippen molar-refractivity contribution in [1.82, 2.24) is 5.32 Å². The summed E-state index contributed by atoms with van der Waals surface area (Å²) in [6.45, 7) is -0.341. The Morgan fingerprint density at radius 3 is 2.74 bits per heavy atom. The topological polar surface area (TPSA) is 95.9 Å². The second-order valence-corrected chi connectivity index (χ2v) is 5.86. The van der Waals surface area contributed by atoms with Gasteiger partial charge in [0.2, 0.25) is 0 Å². The van der Waals surface area contributed by atoms with Crippen molar-refractivity contribution in [3.63, 3.8) is 0 Å². The van der Waals surface area contributed by atoms with Crippen molar-refractivity contribution in [3.05, 3.63) is 29.0 Å². The molecule has 1 aromatic rings. The number of benzene rings is 1. The molecule has 8 heteroatoms. The summed E-state index contributed by atoms with van der Waals surface area (Å²) in [6, 6.07) is 3.32. The molecule has 0 bridgehead atoms. The number of carboxylic acids is 1. The van der Waals surface area contributed by atoms with Gasteiger partial charge in [-0.2, -0.15) is 0 Å². The van der Waals surface area contributed by atoms with E-state index in [-0.39, 0.29) is 23.8 Å². The quantitative estimate of drug-likeness (QED) is 0.753. The first-order chi connectivity index (χ1) is 10.9. The molecule has 1 aromatic carbocycles. The number of amides is 1. The van der Waals surface area contributed by atoms with Crippen LogP contribution in [0.15, 0.2) is 18.2 Å². The fourth-order valence-corrected chi connectivity index (χ4v) is 2.62. The lowest BCUT2D eigenvalue weighted by Crippen LogP contribution is -2.49. The van der Waals surface area contributed by atoms with Crippen LogP contribution < -0.4 is 10.1 Å². The van der Waals surface area contributed by atoms with Gasteiger partial charge in [0.1, 0.15) is 11.6 Å². The van der Waals surface area contributed by atoms with E-state index in [0.717, 1.165) is 6.07 Å². The van der Waals surface area contributed by atoms with Crippen molar-refractivity contribution in [2.75, 3.05) is 6.61 Å². The van der Waals surface area contributed by atoms with Crippen molar-refractivity contribution in [3.8, 4) is 5.75 Å². The summed E-state index contributed by atoms with van der Waals surface area (Å²) in [4.78, 5) is 22.7. The Hall–Kier alpha value is -1.86. The fourth-order valence-electron chi connectivity index (χ4n) is 2.50. The van der Waals surface area contributed by atoms with Gasteiger partial charge in [0.05, 0.1) is 23.1 Å². The normalized spacial score (nSPS) is 24.0. The molecule has 3 N–H and O–H groups in total. The smallest absolute Gasteiger partial charge is 0.306 e. The third-order valence-corrected chi connectivity index (χ3v) is 4.08. The summed E-state index contributed by atoms with van der Waals surface area (Å²) < 4.78 is 18.4. The van der Waals surface area contributed by atoms with Gasteiger partial charge in [0.25, 0.3) is 5.91 Å². The van der Waals surface area contributed by atoms with Crippen LogP contribution in [0.4, 0.5) is 4.39 Å². The van der Waals surface area contributed by atoms with Crippen LogP contribution in [0.3, 0.4) is 0 Å². The van der Waals surface area contributed by atoms with E-state index >= 15 is 0 Å². The van der Waals surface area contributed by atoms with Gasteiger partial charge in [-0.15, -0.1) is 0 Å². The molecule has 0 saturated heterocycles. The van der Waals surface area contributed by atoms with Gasteiger partial charge in [-0.25, -0.2) is 4.39 Å². The minimum atomic E-state index is -0.943. The number of aliphatic hydroxyl groups excluding tert-OH is 1. The third-order valence-electron chi connectivity index (χ3n) is 3.77. The standard InChI is InChI=1S/C15H17ClFNO5/c16-10-3-2-9(6-11(10)17)23-7-14(20)18-12-4-1-8(15(21)22)5-13(12)19/h2-3,6,8,12-13,19H,1,4-5,7H2,(H,18,20)(H,21,22)/t8-,12-,13-/m0/s1. The zero-order valence-corrected chi connectivity index (χ0v) is 12.9. The molecule has 0 unspecified atom stereocenters. The predicted octanol–water partition coefficient (Wildman–Crippen LogP) is 1.59. The van der Waals surface area contributed by atoms with Gasteiger partial charge >= 0.3 is 5.97 Å². The molecule has 1 aliphatic rings. The van der Waals surface area contributed by atoms with Crippen LogP contribution in [0.25, 0.3) is 0 Å². The minimum absolute atomic E-state index is 0.0416. The summed E-state index contributed by atoms with van der Waals surface area (Å²) in [5.41, 5.74) is 0. The van der Waals surface area contributed by atoms with Crippen molar-refractivity contribution in [2.24, 2.45) is 5.92 Å². The molecule has 0 aromatic heterocycles. The van der Waals surface area contributed by atoms with Crippen LogP contribution in [0.2, 0.25) is 5.02 Å². The molecule has 1 saturated carbocycles. The Bertz CT molecular complexity index is 597. The highest BCUT2D eigenvalue weighted by molar-refractivity contribution is 6.30. The number of carbonyl (C=O) groups is 2. The number of ether oxygens (including phenoxy) is 1. The second-order valence-electron chi connectivity index (χ2n) is 5.45. The van der Waals surface area contributed by atoms with Gasteiger partial charge in [0, 0.05) is 6.07 Å². The number of rotatable bonds is 5. The van der Waals surface area contributed by atoms with Crippen LogP contribution >= 0.6 is 11.6 Å². The molecule has 3 atom stereocenters. The molecule has 6 nitrogen and oxygen atoms in total. The number of aliphatic carboxylic acids is 1. The van der Waals surface area contributed by atoms with Crippen LogP contribution in [0.1, 0.15) is 19.3 Å². The van der Waals surface area contributed by atoms with Crippen LogP contribution in [0, 0.1) is 11.7 Å². The lowest BCUT2D eigenvalue weighted by atomic mass is 9.84. The lowest BCUT2D eigenvalue weighted by molar-refractivity contribution is -0.144. The van der Waals surface area contributed by atoms with Gasteiger partial charge < -0.3 is 20.3 Å². The second kappa shape index (κ2) is 7.61. The lowest BCUT2D eigenvalue weighted by Gasteiger charge is -2.31. The maximum atomic E-state index is 13.2. The van der Waals surface area contributed by atoms with Gasteiger partial charge in [-0.3, -0.25) is 9.59 Å². The maximum absolute atomic E-state index is 13.2. The van der Waals surface area contributed by atoms with E-state index in [1.54, 1.807) is 0 Å². The van der Waals surface area contributed by atoms with E-state index in [1.807, 2.05) is 0 Å². The largest absolute Gasteiger partial charge is 0.484 e. The number of carbonyl (C=O) groups excluding carboxylic acids is 1. The Morgan fingerprint density at radius 2 is 2.13 bits per heavy atom. The van der Waals surface area contributed by atoms with Crippen LogP contribution in [-0.2, 0) is 9.59 Å². The van der Waals surface area contributed by atoms with Crippen LogP contribution in [-0.4, -0.2) is 40.8 Å². The van der Waals surface area contributed by atoms with E-state index in [4.69, 9.17) is 21.4 Å². The first-order valence-electron chi connectivity index (χ1n) is 7.15. The number of hydrogen-bond acceptors (Lipinski definition) is 4. The average Bonchev–Trinajstić information content (AvgIpc) is 2.50.